The summed E-state index contributed by atoms with van der Waals surface area (Å²) in [4.78, 5) is 19.2. The van der Waals surface area contributed by atoms with Gasteiger partial charge in [-0.2, -0.15) is 0 Å². The van der Waals surface area contributed by atoms with Crippen LogP contribution < -0.4 is 0 Å². The molecule has 2 aliphatic heterocycles. The zero-order valence-electron chi connectivity index (χ0n) is 13.1. The molecule has 2 aliphatic rings. The normalized spacial score (nSPS) is 25.7. The first kappa shape index (κ1) is 15.5. The van der Waals surface area contributed by atoms with Crippen LogP contribution in [0.15, 0.2) is 12.2 Å². The second kappa shape index (κ2) is 7.23. The molecule has 0 aromatic carbocycles. The molecule has 4 heteroatoms. The molecule has 0 spiro atoms. The summed E-state index contributed by atoms with van der Waals surface area (Å²) in [5.41, 5.74) is 1.22. The third-order valence-electron chi connectivity index (χ3n) is 4.44. The number of rotatable bonds is 4. The van der Waals surface area contributed by atoms with Crippen molar-refractivity contribution >= 4 is 5.91 Å². The largest absolute Gasteiger partial charge is 0.339 e. The lowest BCUT2D eigenvalue weighted by atomic mass is 10.0. The number of carbonyl (C=O) groups is 1. The fraction of sp³-hybridized carbons (Fsp3) is 0.812. The van der Waals surface area contributed by atoms with Gasteiger partial charge in [-0.1, -0.05) is 12.2 Å². The molecule has 0 N–H and O–H groups in total. The lowest BCUT2D eigenvalue weighted by Crippen LogP contribution is -2.52. The number of nitrogens with zero attached hydrogens (tertiary/aromatic N) is 3. The van der Waals surface area contributed by atoms with Gasteiger partial charge in [0, 0.05) is 45.3 Å². The number of likely N-dealkylation sites (tertiary alicyclic amines) is 1. The molecule has 2 fully saturated rings. The molecule has 20 heavy (non-hydrogen) atoms. The molecular weight excluding hydrogens is 250 g/mol. The SMILES string of the molecule is C=C(C)CN1CCN(CC(=O)N2CCCCC2C)CC1. The first-order valence-electron chi connectivity index (χ1n) is 7.95. The van der Waals surface area contributed by atoms with Gasteiger partial charge in [0.2, 0.25) is 5.91 Å². The van der Waals surface area contributed by atoms with E-state index in [9.17, 15) is 4.79 Å². The lowest BCUT2D eigenvalue weighted by Gasteiger charge is -2.38. The average Bonchev–Trinajstić information content (AvgIpc) is 2.41. The highest BCUT2D eigenvalue weighted by molar-refractivity contribution is 5.78. The van der Waals surface area contributed by atoms with E-state index >= 15 is 0 Å². The molecule has 0 radical (unpaired) electrons. The van der Waals surface area contributed by atoms with E-state index in [1.165, 1.54) is 18.4 Å². The minimum Gasteiger partial charge on any atom is -0.339 e. The van der Waals surface area contributed by atoms with Crippen molar-refractivity contribution in [2.45, 2.75) is 39.2 Å². The van der Waals surface area contributed by atoms with E-state index in [2.05, 4.69) is 35.1 Å². The van der Waals surface area contributed by atoms with Crippen molar-refractivity contribution in [3.8, 4) is 0 Å². The Kier molecular flexibility index (Phi) is 5.61. The maximum Gasteiger partial charge on any atom is 0.236 e. The van der Waals surface area contributed by atoms with E-state index in [0.29, 0.717) is 18.5 Å². The summed E-state index contributed by atoms with van der Waals surface area (Å²) < 4.78 is 0. The highest BCUT2D eigenvalue weighted by Crippen LogP contribution is 2.17. The molecule has 0 aliphatic carbocycles. The standard InChI is InChI=1S/C16H29N3O/c1-14(2)12-17-8-10-18(11-9-17)13-16(20)19-7-5-4-6-15(19)3/h15H,1,4-13H2,2-3H3. The Bertz CT molecular complexity index is 348. The molecule has 114 valence electrons. The second-order valence-corrected chi connectivity index (χ2v) is 6.44. The van der Waals surface area contributed by atoms with Gasteiger partial charge >= 0.3 is 0 Å². The Morgan fingerprint density at radius 1 is 1.05 bits per heavy atom. The van der Waals surface area contributed by atoms with E-state index in [4.69, 9.17) is 0 Å². The summed E-state index contributed by atoms with van der Waals surface area (Å²) in [6, 6.07) is 0.431. The van der Waals surface area contributed by atoms with E-state index in [1.807, 2.05) is 0 Å². The van der Waals surface area contributed by atoms with Crippen molar-refractivity contribution < 1.29 is 4.79 Å². The van der Waals surface area contributed by atoms with Gasteiger partial charge in [0.1, 0.15) is 0 Å². The van der Waals surface area contributed by atoms with Gasteiger partial charge in [-0.3, -0.25) is 14.6 Å². The van der Waals surface area contributed by atoms with Crippen LogP contribution in [0, 0.1) is 0 Å². The third-order valence-corrected chi connectivity index (χ3v) is 4.44. The summed E-state index contributed by atoms with van der Waals surface area (Å²) in [6.45, 7) is 14.9. The van der Waals surface area contributed by atoms with Crippen LogP contribution in [-0.2, 0) is 4.79 Å². The van der Waals surface area contributed by atoms with Crippen LogP contribution in [0.4, 0.5) is 0 Å². The number of amides is 1. The van der Waals surface area contributed by atoms with Gasteiger partial charge in [-0.05, 0) is 33.1 Å². The molecule has 2 heterocycles. The van der Waals surface area contributed by atoms with Gasteiger partial charge in [-0.25, -0.2) is 0 Å². The molecule has 0 aromatic rings. The highest BCUT2D eigenvalue weighted by Gasteiger charge is 2.26. The molecule has 2 saturated heterocycles. The third kappa shape index (κ3) is 4.32. The summed E-state index contributed by atoms with van der Waals surface area (Å²) in [6.07, 6.45) is 3.60. The van der Waals surface area contributed by atoms with Gasteiger partial charge in [0.15, 0.2) is 0 Å². The molecule has 4 nitrogen and oxygen atoms in total. The number of hydrogen-bond donors (Lipinski definition) is 0. The monoisotopic (exact) mass is 279 g/mol. The predicted molar refractivity (Wildman–Crippen MR) is 82.7 cm³/mol. The van der Waals surface area contributed by atoms with E-state index in [-0.39, 0.29) is 0 Å². The minimum absolute atomic E-state index is 0.325. The lowest BCUT2D eigenvalue weighted by molar-refractivity contribution is -0.136. The molecule has 0 aromatic heterocycles. The highest BCUT2D eigenvalue weighted by atomic mass is 16.2. The Hall–Kier alpha value is -0.870. The summed E-state index contributed by atoms with van der Waals surface area (Å²) in [5, 5.41) is 0. The van der Waals surface area contributed by atoms with E-state index in [1.54, 1.807) is 0 Å². The fourth-order valence-corrected chi connectivity index (χ4v) is 3.24. The Morgan fingerprint density at radius 2 is 1.65 bits per heavy atom. The van der Waals surface area contributed by atoms with E-state index in [0.717, 1.165) is 45.7 Å². The Labute approximate surface area is 123 Å². The van der Waals surface area contributed by atoms with Crippen LogP contribution >= 0.6 is 0 Å². The summed E-state index contributed by atoms with van der Waals surface area (Å²) in [5.74, 6) is 0.325. The van der Waals surface area contributed by atoms with Gasteiger partial charge in [0.05, 0.1) is 6.54 Å². The molecule has 1 amide bonds. The van der Waals surface area contributed by atoms with Crippen LogP contribution in [0.25, 0.3) is 0 Å². The first-order valence-corrected chi connectivity index (χ1v) is 7.95. The first-order chi connectivity index (χ1) is 9.56. The van der Waals surface area contributed by atoms with Crippen molar-refractivity contribution in [1.82, 2.24) is 14.7 Å². The topological polar surface area (TPSA) is 26.8 Å². The number of piperidine rings is 1. The average molecular weight is 279 g/mol. The Balaban J connectivity index is 1.74. The Morgan fingerprint density at radius 3 is 2.20 bits per heavy atom. The van der Waals surface area contributed by atoms with Crippen LogP contribution in [-0.4, -0.2) is 72.5 Å². The summed E-state index contributed by atoms with van der Waals surface area (Å²) in [7, 11) is 0. The molecular formula is C16H29N3O. The fourth-order valence-electron chi connectivity index (χ4n) is 3.24. The molecule has 0 bridgehead atoms. The van der Waals surface area contributed by atoms with Crippen molar-refractivity contribution in [3.63, 3.8) is 0 Å². The molecule has 1 unspecified atom stereocenters. The second-order valence-electron chi connectivity index (χ2n) is 6.44. The molecule has 1 atom stereocenters. The minimum atomic E-state index is 0.325. The van der Waals surface area contributed by atoms with Gasteiger partial charge in [0.25, 0.3) is 0 Å². The van der Waals surface area contributed by atoms with Crippen molar-refractivity contribution in [3.05, 3.63) is 12.2 Å². The quantitative estimate of drug-likeness (QED) is 0.731. The molecule has 2 rings (SSSR count). The van der Waals surface area contributed by atoms with Crippen LogP contribution in [0.2, 0.25) is 0 Å². The van der Waals surface area contributed by atoms with Gasteiger partial charge in [-0.15, -0.1) is 0 Å². The van der Waals surface area contributed by atoms with Crippen molar-refractivity contribution in [2.75, 3.05) is 45.8 Å². The number of piperazine rings is 1. The zero-order valence-corrected chi connectivity index (χ0v) is 13.1. The maximum absolute atomic E-state index is 12.4. The van der Waals surface area contributed by atoms with Crippen LogP contribution in [0.1, 0.15) is 33.1 Å². The van der Waals surface area contributed by atoms with E-state index < -0.39 is 0 Å². The maximum atomic E-state index is 12.4. The predicted octanol–water partition coefficient (Wildman–Crippen LogP) is 1.58. The zero-order chi connectivity index (χ0) is 14.5. The van der Waals surface area contributed by atoms with Crippen molar-refractivity contribution in [2.24, 2.45) is 0 Å². The van der Waals surface area contributed by atoms with Gasteiger partial charge < -0.3 is 4.90 Å². The van der Waals surface area contributed by atoms with Crippen LogP contribution in [0.5, 0.6) is 0 Å². The van der Waals surface area contributed by atoms with Crippen molar-refractivity contribution in [1.29, 1.82) is 0 Å². The molecule has 0 saturated carbocycles. The summed E-state index contributed by atoms with van der Waals surface area (Å²) >= 11 is 0. The smallest absolute Gasteiger partial charge is 0.236 e. The number of carbonyl (C=O) groups excluding carboxylic acids is 1. The number of hydrogen-bond acceptors (Lipinski definition) is 3. The van der Waals surface area contributed by atoms with Crippen LogP contribution in [0.3, 0.4) is 0 Å².